The van der Waals surface area contributed by atoms with Crippen molar-refractivity contribution in [3.05, 3.63) is 38.9 Å². The van der Waals surface area contributed by atoms with Gasteiger partial charge >= 0.3 is 0 Å². The van der Waals surface area contributed by atoms with E-state index in [0.717, 1.165) is 6.42 Å². The van der Waals surface area contributed by atoms with E-state index in [-0.39, 0.29) is 22.8 Å². The largest absolute Gasteiger partial charge is 0.348 e. The molecule has 1 saturated heterocycles. The van der Waals surface area contributed by atoms with Crippen LogP contribution in [0, 0.1) is 10.1 Å². The Balaban J connectivity index is 2.09. The van der Waals surface area contributed by atoms with Gasteiger partial charge in [-0.15, -0.1) is 0 Å². The zero-order chi connectivity index (χ0) is 15.5. The molecule has 1 N–H and O–H groups in total. The zero-order valence-electron chi connectivity index (χ0n) is 11.4. The maximum absolute atomic E-state index is 12.1. The Bertz CT molecular complexity index is 557. The summed E-state index contributed by atoms with van der Waals surface area (Å²) >= 11 is 5.79. The van der Waals surface area contributed by atoms with E-state index in [9.17, 15) is 14.9 Å². The van der Waals surface area contributed by atoms with Crippen LogP contribution < -0.4 is 5.32 Å². The number of nitro groups is 1. The Labute approximate surface area is 126 Å². The van der Waals surface area contributed by atoms with Crippen LogP contribution in [-0.4, -0.2) is 36.4 Å². The molecule has 0 spiro atoms. The molecule has 1 heterocycles. The van der Waals surface area contributed by atoms with Gasteiger partial charge in [0.2, 0.25) is 0 Å². The highest BCUT2D eigenvalue weighted by Crippen LogP contribution is 2.23. The molecular formula is C13H15ClN2O5. The Morgan fingerprint density at radius 3 is 2.76 bits per heavy atom. The second-order valence-corrected chi connectivity index (χ2v) is 5.22. The first kappa shape index (κ1) is 15.7. The highest BCUT2D eigenvalue weighted by molar-refractivity contribution is 6.31. The third-order valence-electron chi connectivity index (χ3n) is 3.07. The van der Waals surface area contributed by atoms with Crippen LogP contribution in [-0.2, 0) is 9.47 Å². The first-order valence-corrected chi connectivity index (χ1v) is 6.79. The zero-order valence-corrected chi connectivity index (χ0v) is 12.2. The lowest BCUT2D eigenvalue weighted by molar-refractivity contribution is -0.385. The van der Waals surface area contributed by atoms with E-state index in [0.29, 0.717) is 13.2 Å². The maximum atomic E-state index is 12.1. The molecule has 0 bridgehead atoms. The highest BCUT2D eigenvalue weighted by Gasteiger charge is 2.30. The summed E-state index contributed by atoms with van der Waals surface area (Å²) in [6.07, 6.45) is 0.795. The first-order chi connectivity index (χ1) is 9.91. The summed E-state index contributed by atoms with van der Waals surface area (Å²) in [6.45, 7) is 2.89. The fraction of sp³-hybridized carbons (Fsp3) is 0.462. The Kier molecular flexibility index (Phi) is 4.76. The normalized spacial score (nSPS) is 17.2. The molecule has 7 nitrogen and oxygen atoms in total. The van der Waals surface area contributed by atoms with Crippen molar-refractivity contribution in [2.45, 2.75) is 19.1 Å². The van der Waals surface area contributed by atoms with Gasteiger partial charge in [-0.1, -0.05) is 11.6 Å². The molecule has 2 rings (SSSR count). The van der Waals surface area contributed by atoms with Crippen LogP contribution in [0.1, 0.15) is 23.7 Å². The predicted octanol–water partition coefficient (Wildman–Crippen LogP) is 2.13. The van der Waals surface area contributed by atoms with Gasteiger partial charge < -0.3 is 14.8 Å². The number of hydrogen-bond acceptors (Lipinski definition) is 5. The van der Waals surface area contributed by atoms with Crippen LogP contribution in [0.3, 0.4) is 0 Å². The number of rotatable bonds is 4. The van der Waals surface area contributed by atoms with Crippen molar-refractivity contribution < 1.29 is 19.2 Å². The average Bonchev–Trinajstić information content (AvgIpc) is 2.45. The van der Waals surface area contributed by atoms with Crippen molar-refractivity contribution >= 4 is 23.2 Å². The van der Waals surface area contributed by atoms with Crippen molar-refractivity contribution in [1.82, 2.24) is 5.32 Å². The van der Waals surface area contributed by atoms with Gasteiger partial charge in [0.15, 0.2) is 5.79 Å². The number of carbonyl (C=O) groups excluding carboxylic acids is 1. The summed E-state index contributed by atoms with van der Waals surface area (Å²) in [6, 6.07) is 3.83. The molecule has 0 atom stereocenters. The molecule has 1 aromatic rings. The van der Waals surface area contributed by atoms with E-state index >= 15 is 0 Å². The number of nitrogens with zero attached hydrogens (tertiary/aromatic N) is 1. The number of carbonyl (C=O) groups is 1. The molecule has 0 saturated carbocycles. The fourth-order valence-electron chi connectivity index (χ4n) is 1.96. The monoisotopic (exact) mass is 314 g/mol. The summed E-state index contributed by atoms with van der Waals surface area (Å²) in [4.78, 5) is 22.4. The van der Waals surface area contributed by atoms with E-state index < -0.39 is 16.6 Å². The number of benzene rings is 1. The fourth-order valence-corrected chi connectivity index (χ4v) is 2.14. The van der Waals surface area contributed by atoms with Gasteiger partial charge in [-0.25, -0.2) is 0 Å². The number of hydrogen-bond donors (Lipinski definition) is 1. The van der Waals surface area contributed by atoms with Crippen molar-refractivity contribution in [1.29, 1.82) is 0 Å². The molecule has 0 aliphatic carbocycles. The Morgan fingerprint density at radius 1 is 1.48 bits per heavy atom. The number of ether oxygens (including phenoxy) is 2. The minimum atomic E-state index is -0.915. The molecule has 21 heavy (non-hydrogen) atoms. The molecule has 0 unspecified atom stereocenters. The summed E-state index contributed by atoms with van der Waals surface area (Å²) in [5.41, 5.74) is -0.389. The highest BCUT2D eigenvalue weighted by atomic mass is 35.5. The van der Waals surface area contributed by atoms with E-state index in [2.05, 4.69) is 5.32 Å². The van der Waals surface area contributed by atoms with Crippen LogP contribution in [0.5, 0.6) is 0 Å². The predicted molar refractivity (Wildman–Crippen MR) is 75.4 cm³/mol. The third kappa shape index (κ3) is 3.90. The van der Waals surface area contributed by atoms with E-state index in [1.54, 1.807) is 6.92 Å². The van der Waals surface area contributed by atoms with Crippen LogP contribution in [0.25, 0.3) is 0 Å². The molecular weight excluding hydrogens is 300 g/mol. The summed E-state index contributed by atoms with van der Waals surface area (Å²) in [5.74, 6) is -1.51. The Morgan fingerprint density at radius 2 is 2.14 bits per heavy atom. The lowest BCUT2D eigenvalue weighted by Gasteiger charge is -2.33. The van der Waals surface area contributed by atoms with E-state index in [1.165, 1.54) is 18.2 Å². The van der Waals surface area contributed by atoms with Crippen LogP contribution in [0.15, 0.2) is 18.2 Å². The van der Waals surface area contributed by atoms with Crippen molar-refractivity contribution in [3.63, 3.8) is 0 Å². The molecule has 0 aromatic heterocycles. The lowest BCUT2D eigenvalue weighted by Crippen LogP contribution is -2.47. The van der Waals surface area contributed by atoms with Crippen LogP contribution >= 0.6 is 11.6 Å². The average molecular weight is 315 g/mol. The van der Waals surface area contributed by atoms with Gasteiger partial charge in [-0.05, 0) is 25.5 Å². The summed E-state index contributed by atoms with van der Waals surface area (Å²) < 4.78 is 10.9. The van der Waals surface area contributed by atoms with Crippen molar-refractivity contribution in [3.8, 4) is 0 Å². The minimum Gasteiger partial charge on any atom is -0.348 e. The van der Waals surface area contributed by atoms with Crippen molar-refractivity contribution in [2.24, 2.45) is 0 Å². The van der Waals surface area contributed by atoms with Gasteiger partial charge in [-0.2, -0.15) is 0 Å². The second-order valence-electron chi connectivity index (χ2n) is 4.79. The number of nitrogens with one attached hydrogen (secondary N) is 1. The van der Waals surface area contributed by atoms with Crippen molar-refractivity contribution in [2.75, 3.05) is 19.8 Å². The maximum Gasteiger partial charge on any atom is 0.282 e. The van der Waals surface area contributed by atoms with Gasteiger partial charge in [0.1, 0.15) is 5.56 Å². The van der Waals surface area contributed by atoms with E-state index in [4.69, 9.17) is 21.1 Å². The SMILES string of the molecule is CC1(CNC(=O)c2cc(Cl)ccc2[N+](=O)[O-])OCCCO1. The Hall–Kier alpha value is -1.70. The van der Waals surface area contributed by atoms with Gasteiger partial charge in [-0.3, -0.25) is 14.9 Å². The first-order valence-electron chi connectivity index (χ1n) is 6.41. The second kappa shape index (κ2) is 6.38. The quantitative estimate of drug-likeness (QED) is 0.679. The van der Waals surface area contributed by atoms with Crippen LogP contribution in [0.4, 0.5) is 5.69 Å². The molecule has 1 aliphatic heterocycles. The molecule has 1 fully saturated rings. The number of amides is 1. The molecule has 1 aliphatic rings. The molecule has 1 amide bonds. The summed E-state index contributed by atoms with van der Waals surface area (Å²) in [5, 5.41) is 13.8. The van der Waals surface area contributed by atoms with Gasteiger partial charge in [0, 0.05) is 11.1 Å². The van der Waals surface area contributed by atoms with Gasteiger partial charge in [0.25, 0.3) is 11.6 Å². The molecule has 8 heteroatoms. The smallest absolute Gasteiger partial charge is 0.282 e. The van der Waals surface area contributed by atoms with Gasteiger partial charge in [0.05, 0.1) is 24.7 Å². The molecule has 1 aromatic carbocycles. The lowest BCUT2D eigenvalue weighted by atomic mass is 10.1. The standard InChI is InChI=1S/C13H15ClN2O5/c1-13(20-5-2-6-21-13)8-15-12(17)10-7-9(14)3-4-11(10)16(18)19/h3-4,7H,2,5-6,8H2,1H3,(H,15,17). The third-order valence-corrected chi connectivity index (χ3v) is 3.31. The number of halogens is 1. The number of nitro benzene ring substituents is 1. The molecule has 114 valence electrons. The van der Waals surface area contributed by atoms with Crippen LogP contribution in [0.2, 0.25) is 5.02 Å². The minimum absolute atomic E-state index is 0.0908. The van der Waals surface area contributed by atoms with E-state index in [1.807, 2.05) is 0 Å². The molecule has 0 radical (unpaired) electrons. The summed E-state index contributed by atoms with van der Waals surface area (Å²) in [7, 11) is 0. The topological polar surface area (TPSA) is 90.7 Å².